The quantitative estimate of drug-likeness (QED) is 0.296. The summed E-state index contributed by atoms with van der Waals surface area (Å²) in [6, 6.07) is 16.9. The number of para-hydroxylation sites is 2. The maximum Gasteiger partial charge on any atom is 0.453 e. The molecule has 7 nitrogen and oxygen atoms in total. The van der Waals surface area contributed by atoms with E-state index in [1.54, 1.807) is 25.1 Å². The van der Waals surface area contributed by atoms with Crippen molar-refractivity contribution in [2.75, 3.05) is 18.5 Å². The van der Waals surface area contributed by atoms with E-state index >= 15 is 0 Å². The first-order chi connectivity index (χ1) is 17.7. The van der Waals surface area contributed by atoms with Gasteiger partial charge in [0.25, 0.3) is 11.7 Å². The number of nitrogens with one attached hydrogen (secondary N) is 1. The van der Waals surface area contributed by atoms with Crippen LogP contribution < -0.4 is 25.0 Å². The van der Waals surface area contributed by atoms with Crippen molar-refractivity contribution in [1.29, 1.82) is 0 Å². The molecule has 0 spiro atoms. The number of hydrogen-bond donors (Lipinski definition) is 1. The molecule has 4 aromatic rings. The van der Waals surface area contributed by atoms with Gasteiger partial charge in [-0.3, -0.25) is 9.59 Å². The van der Waals surface area contributed by atoms with Crippen molar-refractivity contribution < 1.29 is 36.6 Å². The van der Waals surface area contributed by atoms with E-state index < -0.39 is 35.6 Å². The number of halogens is 3. The van der Waals surface area contributed by atoms with Gasteiger partial charge < -0.3 is 23.9 Å². The monoisotopic (exact) mass is 513 g/mol. The molecule has 0 bridgehead atoms. The molecular weight excluding hydrogens is 491 g/mol. The van der Waals surface area contributed by atoms with Crippen molar-refractivity contribution in [3.8, 4) is 23.0 Å². The molecule has 37 heavy (non-hydrogen) atoms. The number of carbonyl (C=O) groups is 1. The van der Waals surface area contributed by atoms with E-state index in [0.29, 0.717) is 5.69 Å². The third-order valence-corrected chi connectivity index (χ3v) is 5.15. The molecule has 1 N–H and O–H groups in total. The highest BCUT2D eigenvalue weighted by Crippen LogP contribution is 2.40. The molecule has 3 aromatic carbocycles. The Balaban J connectivity index is 1.62. The molecule has 1 amide bonds. The minimum absolute atomic E-state index is 0.0400. The average Bonchev–Trinajstić information content (AvgIpc) is 2.86. The second kappa shape index (κ2) is 10.7. The smallest absolute Gasteiger partial charge is 0.453 e. The summed E-state index contributed by atoms with van der Waals surface area (Å²) in [6.07, 6.45) is -5.03. The van der Waals surface area contributed by atoms with Crippen LogP contribution in [0.3, 0.4) is 0 Å². The highest BCUT2D eigenvalue weighted by atomic mass is 19.4. The van der Waals surface area contributed by atoms with Gasteiger partial charge in [-0.15, -0.1) is 0 Å². The average molecular weight is 513 g/mol. The van der Waals surface area contributed by atoms with Crippen LogP contribution in [-0.4, -0.2) is 19.1 Å². The van der Waals surface area contributed by atoms with Gasteiger partial charge >= 0.3 is 6.18 Å². The number of amides is 1. The van der Waals surface area contributed by atoms with Crippen molar-refractivity contribution in [2.24, 2.45) is 0 Å². The lowest BCUT2D eigenvalue weighted by Gasteiger charge is -2.15. The predicted molar refractivity (Wildman–Crippen MR) is 130 cm³/mol. The Bertz CT molecular complexity index is 1480. The molecule has 0 fully saturated rings. The van der Waals surface area contributed by atoms with Gasteiger partial charge in [-0.25, -0.2) is 0 Å². The number of fused-ring (bicyclic) bond motifs is 1. The number of ether oxygens (including phenoxy) is 3. The molecule has 0 saturated carbocycles. The number of carbonyl (C=O) groups excluding carboxylic acids is 1. The van der Waals surface area contributed by atoms with Crippen LogP contribution in [0.2, 0.25) is 0 Å². The molecule has 0 radical (unpaired) electrons. The van der Waals surface area contributed by atoms with Crippen LogP contribution in [0, 0.1) is 6.92 Å². The number of rotatable bonds is 8. The summed E-state index contributed by atoms with van der Waals surface area (Å²) in [6.45, 7) is 3.44. The Labute approximate surface area is 209 Å². The summed E-state index contributed by atoms with van der Waals surface area (Å²) in [4.78, 5) is 25.2. The zero-order valence-electron chi connectivity index (χ0n) is 19.8. The molecule has 0 aliphatic heterocycles. The normalized spacial score (nSPS) is 11.3. The summed E-state index contributed by atoms with van der Waals surface area (Å²) in [5.74, 6) is -2.95. The van der Waals surface area contributed by atoms with Crippen LogP contribution in [0.5, 0.6) is 23.0 Å². The van der Waals surface area contributed by atoms with Gasteiger partial charge in [-0.2, -0.15) is 13.2 Å². The van der Waals surface area contributed by atoms with Gasteiger partial charge in [0.05, 0.1) is 12.0 Å². The Morgan fingerprint density at radius 1 is 0.973 bits per heavy atom. The van der Waals surface area contributed by atoms with E-state index in [1.165, 1.54) is 30.3 Å². The SMILES string of the molecule is CCOc1ccccc1Oc1c(C(F)(F)F)oc2cc(OCC(=O)Nc3ccc(C)cc3)ccc2c1=O. The number of aryl methyl sites for hydroxylation is 1. The van der Waals surface area contributed by atoms with Crippen molar-refractivity contribution in [1.82, 2.24) is 0 Å². The van der Waals surface area contributed by atoms with Gasteiger partial charge in [0.15, 0.2) is 18.1 Å². The van der Waals surface area contributed by atoms with Crippen LogP contribution >= 0.6 is 0 Å². The van der Waals surface area contributed by atoms with Crippen molar-refractivity contribution in [3.05, 3.63) is 88.3 Å². The first-order valence-corrected chi connectivity index (χ1v) is 11.2. The molecule has 4 rings (SSSR count). The predicted octanol–water partition coefficient (Wildman–Crippen LogP) is 6.33. The summed E-state index contributed by atoms with van der Waals surface area (Å²) < 4.78 is 62.9. The maximum atomic E-state index is 13.9. The van der Waals surface area contributed by atoms with Crippen LogP contribution in [0.1, 0.15) is 18.2 Å². The second-order valence-electron chi connectivity index (χ2n) is 7.93. The van der Waals surface area contributed by atoms with Crippen LogP contribution in [-0.2, 0) is 11.0 Å². The first-order valence-electron chi connectivity index (χ1n) is 11.2. The van der Waals surface area contributed by atoms with E-state index in [4.69, 9.17) is 18.6 Å². The van der Waals surface area contributed by atoms with E-state index in [2.05, 4.69) is 5.32 Å². The van der Waals surface area contributed by atoms with Gasteiger partial charge in [0, 0.05) is 11.8 Å². The fraction of sp³-hybridized carbons (Fsp3) is 0.185. The zero-order valence-corrected chi connectivity index (χ0v) is 19.8. The second-order valence-corrected chi connectivity index (χ2v) is 7.93. The lowest BCUT2D eigenvalue weighted by Crippen LogP contribution is -2.20. The Hall–Kier alpha value is -4.47. The third kappa shape index (κ3) is 6.03. The minimum atomic E-state index is -5.03. The lowest BCUT2D eigenvalue weighted by molar-refractivity contribution is -0.154. The lowest BCUT2D eigenvalue weighted by atomic mass is 10.2. The molecule has 192 valence electrons. The molecule has 0 aliphatic carbocycles. The number of alkyl halides is 3. The van der Waals surface area contributed by atoms with Crippen molar-refractivity contribution in [3.63, 3.8) is 0 Å². The summed E-state index contributed by atoms with van der Waals surface area (Å²) in [7, 11) is 0. The number of anilines is 1. The van der Waals surface area contributed by atoms with Gasteiger partial charge in [-0.1, -0.05) is 29.8 Å². The molecule has 0 unspecified atom stereocenters. The molecule has 0 saturated heterocycles. The zero-order chi connectivity index (χ0) is 26.6. The molecule has 0 aliphatic rings. The fourth-order valence-corrected chi connectivity index (χ4v) is 3.43. The summed E-state index contributed by atoms with van der Waals surface area (Å²) in [5, 5.41) is 2.49. The van der Waals surface area contributed by atoms with Crippen molar-refractivity contribution >= 4 is 22.6 Å². The number of hydrogen-bond acceptors (Lipinski definition) is 6. The molecule has 1 aromatic heterocycles. The van der Waals surface area contributed by atoms with Crippen molar-refractivity contribution in [2.45, 2.75) is 20.0 Å². The molecule has 1 heterocycles. The van der Waals surface area contributed by atoms with Crippen LogP contribution in [0.4, 0.5) is 18.9 Å². The highest BCUT2D eigenvalue weighted by molar-refractivity contribution is 5.92. The van der Waals surface area contributed by atoms with E-state index in [0.717, 1.165) is 11.6 Å². The van der Waals surface area contributed by atoms with Gasteiger partial charge in [-0.05, 0) is 50.2 Å². The summed E-state index contributed by atoms with van der Waals surface area (Å²) in [5.41, 5.74) is 0.192. The van der Waals surface area contributed by atoms with Gasteiger partial charge in [0.1, 0.15) is 11.3 Å². The topological polar surface area (TPSA) is 87.0 Å². The van der Waals surface area contributed by atoms with E-state index in [9.17, 15) is 22.8 Å². The Kier molecular flexibility index (Phi) is 7.37. The van der Waals surface area contributed by atoms with E-state index in [-0.39, 0.29) is 34.8 Å². The number of benzene rings is 3. The van der Waals surface area contributed by atoms with Crippen LogP contribution in [0.25, 0.3) is 11.0 Å². The van der Waals surface area contributed by atoms with Gasteiger partial charge in [0.2, 0.25) is 11.2 Å². The standard InChI is InChI=1S/C27H22F3NO6/c1-3-34-20-6-4-5-7-21(20)36-25-24(33)19-13-12-18(14-22(19)37-26(25)27(28,29)30)35-15-23(32)31-17-10-8-16(2)9-11-17/h4-14H,3,15H2,1-2H3,(H,31,32). The Morgan fingerprint density at radius 2 is 1.68 bits per heavy atom. The largest absolute Gasteiger partial charge is 0.490 e. The molecular formula is C27H22F3NO6. The van der Waals surface area contributed by atoms with E-state index in [1.807, 2.05) is 19.1 Å². The molecule has 10 heteroatoms. The summed E-state index contributed by atoms with van der Waals surface area (Å²) >= 11 is 0. The fourth-order valence-electron chi connectivity index (χ4n) is 3.43. The highest BCUT2D eigenvalue weighted by Gasteiger charge is 2.40. The van der Waals surface area contributed by atoms with Crippen LogP contribution in [0.15, 0.2) is 75.9 Å². The first kappa shape index (κ1) is 25.6. The Morgan fingerprint density at radius 3 is 2.35 bits per heavy atom. The third-order valence-electron chi connectivity index (χ3n) is 5.15. The minimum Gasteiger partial charge on any atom is -0.490 e. The molecule has 0 atom stereocenters. The maximum absolute atomic E-state index is 13.9.